The Bertz CT molecular complexity index is 741. The molecule has 2 amide bonds. The highest BCUT2D eigenvalue weighted by Crippen LogP contribution is 2.26. The maximum absolute atomic E-state index is 12.7. The van der Waals surface area contributed by atoms with Gasteiger partial charge >= 0.3 is 0 Å². The first-order valence-corrected chi connectivity index (χ1v) is 8.52. The molecule has 6 heteroatoms. The van der Waals surface area contributed by atoms with Gasteiger partial charge in [-0.15, -0.1) is 0 Å². The van der Waals surface area contributed by atoms with Gasteiger partial charge in [-0.1, -0.05) is 30.3 Å². The Morgan fingerprint density at radius 2 is 1.84 bits per heavy atom. The standard InChI is InChI=1S/C19H24N4O2/c1-22-10-9-15(12-22)11-21-19(25)17-8-7-16(18(20)24)23(17)13-14-5-3-2-4-6-14/h2-6,9-10,12,16-17H,7-8,11,13H2,1H3,(H2,20,24)(H,21,25)/t16-,17+/m0/s1. The zero-order chi connectivity index (χ0) is 17.8. The number of nitrogens with one attached hydrogen (secondary N) is 1. The molecule has 2 aromatic rings. The van der Waals surface area contributed by atoms with Crippen molar-refractivity contribution in [3.8, 4) is 0 Å². The Kier molecular flexibility index (Phi) is 5.19. The second-order valence-corrected chi connectivity index (χ2v) is 6.57. The highest BCUT2D eigenvalue weighted by atomic mass is 16.2. The molecule has 1 fully saturated rings. The molecule has 0 radical (unpaired) electrons. The van der Waals surface area contributed by atoms with E-state index in [1.807, 2.05) is 65.3 Å². The smallest absolute Gasteiger partial charge is 0.237 e. The summed E-state index contributed by atoms with van der Waals surface area (Å²) in [6, 6.07) is 11.1. The van der Waals surface area contributed by atoms with Crippen molar-refractivity contribution >= 4 is 11.8 Å². The highest BCUT2D eigenvalue weighted by molar-refractivity contribution is 5.86. The number of carbonyl (C=O) groups excluding carboxylic acids is 2. The summed E-state index contributed by atoms with van der Waals surface area (Å²) in [5.74, 6) is -0.419. The molecule has 2 atom stereocenters. The van der Waals surface area contributed by atoms with Gasteiger partial charge in [0.15, 0.2) is 0 Å². The second kappa shape index (κ2) is 7.53. The molecule has 1 aromatic carbocycles. The van der Waals surface area contributed by atoms with Gasteiger partial charge in [0.1, 0.15) is 0 Å². The van der Waals surface area contributed by atoms with E-state index in [4.69, 9.17) is 5.73 Å². The van der Waals surface area contributed by atoms with E-state index in [-0.39, 0.29) is 17.9 Å². The Labute approximate surface area is 147 Å². The fraction of sp³-hybridized carbons (Fsp3) is 0.368. The van der Waals surface area contributed by atoms with Crippen LogP contribution in [0.4, 0.5) is 0 Å². The molecule has 3 rings (SSSR count). The first kappa shape index (κ1) is 17.2. The minimum Gasteiger partial charge on any atom is -0.368 e. The van der Waals surface area contributed by atoms with E-state index in [2.05, 4.69) is 5.32 Å². The molecule has 2 heterocycles. The van der Waals surface area contributed by atoms with Gasteiger partial charge in [0.25, 0.3) is 0 Å². The van der Waals surface area contributed by atoms with Gasteiger partial charge in [0, 0.05) is 32.5 Å². The number of likely N-dealkylation sites (tertiary alicyclic amines) is 1. The van der Waals surface area contributed by atoms with Crippen molar-refractivity contribution in [1.29, 1.82) is 0 Å². The molecule has 6 nitrogen and oxygen atoms in total. The quantitative estimate of drug-likeness (QED) is 0.828. The lowest BCUT2D eigenvalue weighted by atomic mass is 10.1. The summed E-state index contributed by atoms with van der Waals surface area (Å²) in [6.07, 6.45) is 5.18. The molecule has 3 N–H and O–H groups in total. The molecule has 0 aliphatic carbocycles. The summed E-state index contributed by atoms with van der Waals surface area (Å²) < 4.78 is 1.95. The molecule has 1 aliphatic heterocycles. The van der Waals surface area contributed by atoms with Crippen molar-refractivity contribution in [3.63, 3.8) is 0 Å². The lowest BCUT2D eigenvalue weighted by Gasteiger charge is -2.28. The summed E-state index contributed by atoms with van der Waals surface area (Å²) in [5.41, 5.74) is 7.67. The number of primary amides is 1. The monoisotopic (exact) mass is 340 g/mol. The van der Waals surface area contributed by atoms with Crippen molar-refractivity contribution in [1.82, 2.24) is 14.8 Å². The van der Waals surface area contributed by atoms with Crippen LogP contribution in [0, 0.1) is 0 Å². The maximum Gasteiger partial charge on any atom is 0.237 e. The number of aromatic nitrogens is 1. The lowest BCUT2D eigenvalue weighted by Crippen LogP contribution is -2.49. The lowest BCUT2D eigenvalue weighted by molar-refractivity contribution is -0.128. The summed E-state index contributed by atoms with van der Waals surface area (Å²) in [7, 11) is 1.95. The highest BCUT2D eigenvalue weighted by Gasteiger charge is 2.40. The molecular formula is C19H24N4O2. The number of aryl methyl sites for hydroxylation is 1. The SMILES string of the molecule is Cn1ccc(CNC(=O)[C@H]2CC[C@@H](C(N)=O)N2Cc2ccccc2)c1. The predicted octanol–water partition coefficient (Wildman–Crippen LogP) is 1.16. The summed E-state index contributed by atoms with van der Waals surface area (Å²) in [6.45, 7) is 1.02. The number of nitrogens with zero attached hydrogens (tertiary/aromatic N) is 2. The summed E-state index contributed by atoms with van der Waals surface area (Å²) in [4.78, 5) is 26.4. The molecular weight excluding hydrogens is 316 g/mol. The molecule has 1 aromatic heterocycles. The minimum atomic E-state index is -0.396. The number of amides is 2. The van der Waals surface area contributed by atoms with Crippen LogP contribution in [0.15, 0.2) is 48.8 Å². The third kappa shape index (κ3) is 4.09. The number of carbonyl (C=O) groups is 2. The first-order chi connectivity index (χ1) is 12.0. The van der Waals surface area contributed by atoms with Crippen molar-refractivity contribution in [2.45, 2.75) is 38.0 Å². The van der Waals surface area contributed by atoms with Gasteiger partial charge in [-0.3, -0.25) is 14.5 Å². The third-order valence-electron chi connectivity index (χ3n) is 4.71. The van der Waals surface area contributed by atoms with Crippen LogP contribution in [0.3, 0.4) is 0 Å². The topological polar surface area (TPSA) is 80.4 Å². The van der Waals surface area contributed by atoms with E-state index >= 15 is 0 Å². The number of hydrogen-bond donors (Lipinski definition) is 2. The first-order valence-electron chi connectivity index (χ1n) is 8.52. The normalized spacial score (nSPS) is 20.5. The zero-order valence-corrected chi connectivity index (χ0v) is 14.4. The molecule has 1 saturated heterocycles. The number of hydrogen-bond acceptors (Lipinski definition) is 3. The minimum absolute atomic E-state index is 0.0523. The van der Waals surface area contributed by atoms with Crippen LogP contribution in [0.1, 0.15) is 24.0 Å². The van der Waals surface area contributed by atoms with Crippen LogP contribution in [0.5, 0.6) is 0 Å². The molecule has 1 aliphatic rings. The average molecular weight is 340 g/mol. The predicted molar refractivity (Wildman–Crippen MR) is 95.2 cm³/mol. The van der Waals surface area contributed by atoms with Crippen LogP contribution in [0.2, 0.25) is 0 Å². The fourth-order valence-electron chi connectivity index (χ4n) is 3.44. The van der Waals surface area contributed by atoms with Gasteiger partial charge in [0.2, 0.25) is 11.8 Å². The molecule has 132 valence electrons. The Hall–Kier alpha value is -2.60. The largest absolute Gasteiger partial charge is 0.368 e. The van der Waals surface area contributed by atoms with Crippen LogP contribution >= 0.6 is 0 Å². The summed E-state index contributed by atoms with van der Waals surface area (Å²) >= 11 is 0. The number of benzene rings is 1. The van der Waals surface area contributed by atoms with Crippen LogP contribution in [-0.2, 0) is 29.7 Å². The van der Waals surface area contributed by atoms with E-state index in [1.54, 1.807) is 0 Å². The van der Waals surface area contributed by atoms with E-state index in [1.165, 1.54) is 0 Å². The number of rotatable bonds is 6. The van der Waals surface area contributed by atoms with Gasteiger partial charge < -0.3 is 15.6 Å². The fourth-order valence-corrected chi connectivity index (χ4v) is 3.44. The third-order valence-corrected chi connectivity index (χ3v) is 4.71. The van der Waals surface area contributed by atoms with Crippen molar-refractivity contribution in [2.75, 3.05) is 0 Å². The molecule has 25 heavy (non-hydrogen) atoms. The molecule has 0 saturated carbocycles. The van der Waals surface area contributed by atoms with Crippen molar-refractivity contribution in [2.24, 2.45) is 12.8 Å². The van der Waals surface area contributed by atoms with Gasteiger partial charge in [-0.25, -0.2) is 0 Å². The van der Waals surface area contributed by atoms with Crippen molar-refractivity contribution < 1.29 is 9.59 Å². The Morgan fingerprint density at radius 1 is 1.12 bits per heavy atom. The van der Waals surface area contributed by atoms with Gasteiger partial charge in [-0.05, 0) is 30.0 Å². The van der Waals surface area contributed by atoms with Crippen LogP contribution in [0.25, 0.3) is 0 Å². The van der Waals surface area contributed by atoms with E-state index < -0.39 is 6.04 Å². The van der Waals surface area contributed by atoms with E-state index in [0.717, 1.165) is 11.1 Å². The molecule has 0 bridgehead atoms. The Balaban J connectivity index is 1.69. The second-order valence-electron chi connectivity index (χ2n) is 6.57. The zero-order valence-electron chi connectivity index (χ0n) is 14.4. The van der Waals surface area contributed by atoms with Crippen LogP contribution < -0.4 is 11.1 Å². The van der Waals surface area contributed by atoms with E-state index in [0.29, 0.717) is 25.9 Å². The maximum atomic E-state index is 12.7. The molecule has 0 unspecified atom stereocenters. The van der Waals surface area contributed by atoms with Gasteiger partial charge in [0.05, 0.1) is 12.1 Å². The van der Waals surface area contributed by atoms with E-state index in [9.17, 15) is 9.59 Å². The van der Waals surface area contributed by atoms with Crippen molar-refractivity contribution in [3.05, 3.63) is 59.9 Å². The Morgan fingerprint density at radius 3 is 2.48 bits per heavy atom. The molecule has 0 spiro atoms. The van der Waals surface area contributed by atoms with Crippen LogP contribution in [-0.4, -0.2) is 33.4 Å². The summed E-state index contributed by atoms with van der Waals surface area (Å²) in [5, 5.41) is 2.98. The number of nitrogens with two attached hydrogens (primary N) is 1. The average Bonchev–Trinajstić information content (AvgIpc) is 3.20. The van der Waals surface area contributed by atoms with Gasteiger partial charge in [-0.2, -0.15) is 0 Å².